The molecule has 0 aliphatic carbocycles. The zero-order chi connectivity index (χ0) is 19.5. The Labute approximate surface area is 156 Å². The number of hydrogen-bond acceptors (Lipinski definition) is 7. The van der Waals surface area contributed by atoms with E-state index in [0.29, 0.717) is 19.5 Å². The van der Waals surface area contributed by atoms with E-state index in [4.69, 9.17) is 10.8 Å². The van der Waals surface area contributed by atoms with E-state index in [0.717, 1.165) is 39.3 Å². The first-order valence-electron chi connectivity index (χ1n) is 9.37. The third-order valence-electron chi connectivity index (χ3n) is 4.28. The first-order chi connectivity index (χ1) is 12.2. The minimum atomic E-state index is -0.876. The van der Waals surface area contributed by atoms with Crippen LogP contribution in [0.3, 0.4) is 0 Å². The summed E-state index contributed by atoms with van der Waals surface area (Å²) in [5.41, 5.74) is 5.51. The third kappa shape index (κ3) is 10.7. The highest BCUT2D eigenvalue weighted by atomic mass is 16.4. The lowest BCUT2D eigenvalue weighted by molar-refractivity contribution is -0.137. The smallest absolute Gasteiger partial charge is 0.303 e. The Balaban J connectivity index is 2.49. The lowest BCUT2D eigenvalue weighted by Gasteiger charge is -2.32. The normalized spacial score (nSPS) is 29.5. The predicted molar refractivity (Wildman–Crippen MR) is 102 cm³/mol. The summed E-state index contributed by atoms with van der Waals surface area (Å²) in [5, 5.41) is 25.2. The maximum Gasteiger partial charge on any atom is 0.303 e. The van der Waals surface area contributed by atoms with Crippen molar-refractivity contribution in [3.05, 3.63) is 0 Å². The standard InChI is InChI=1S/C17H36N6O3/c1-16(18)10-19-6-8-21-12-17(2,13-22-9-7-20-11-16)23-14(24)4-3-5-15(25)26/h19-22H,3-13,18H2,1-2H3,(H,23,24)(H,25,26). The molecular formula is C17H36N6O3. The topological polar surface area (TPSA) is 141 Å². The van der Waals surface area contributed by atoms with Crippen LogP contribution in [-0.2, 0) is 9.59 Å². The van der Waals surface area contributed by atoms with Crippen molar-refractivity contribution in [1.29, 1.82) is 0 Å². The van der Waals surface area contributed by atoms with E-state index in [1.807, 2.05) is 13.8 Å². The van der Waals surface area contributed by atoms with Crippen LogP contribution in [0.15, 0.2) is 0 Å². The van der Waals surface area contributed by atoms with E-state index < -0.39 is 11.5 Å². The molecule has 0 radical (unpaired) electrons. The van der Waals surface area contributed by atoms with E-state index >= 15 is 0 Å². The molecule has 1 aliphatic rings. The summed E-state index contributed by atoms with van der Waals surface area (Å²) in [4.78, 5) is 22.7. The van der Waals surface area contributed by atoms with Crippen LogP contribution in [0.25, 0.3) is 0 Å². The quantitative estimate of drug-likeness (QED) is 0.300. The van der Waals surface area contributed by atoms with Crippen LogP contribution in [0.5, 0.6) is 0 Å². The average Bonchev–Trinajstić information content (AvgIpc) is 2.53. The number of rotatable bonds is 5. The van der Waals surface area contributed by atoms with Crippen LogP contribution >= 0.6 is 0 Å². The number of carbonyl (C=O) groups excluding carboxylic acids is 1. The predicted octanol–water partition coefficient (Wildman–Crippen LogP) is -1.79. The summed E-state index contributed by atoms with van der Waals surface area (Å²) in [6, 6.07) is 0. The number of nitrogens with two attached hydrogens (primary N) is 1. The zero-order valence-corrected chi connectivity index (χ0v) is 16.1. The molecule has 9 heteroatoms. The molecule has 0 aromatic rings. The Kier molecular flexibility index (Phi) is 10.0. The molecule has 26 heavy (non-hydrogen) atoms. The fourth-order valence-electron chi connectivity index (χ4n) is 2.84. The maximum absolute atomic E-state index is 12.1. The second-order valence-electron chi connectivity index (χ2n) is 7.72. The van der Waals surface area contributed by atoms with Crippen molar-refractivity contribution in [2.75, 3.05) is 52.4 Å². The minimum absolute atomic E-state index is 0.0119. The van der Waals surface area contributed by atoms with Gasteiger partial charge in [-0.25, -0.2) is 0 Å². The molecule has 1 heterocycles. The van der Waals surface area contributed by atoms with E-state index in [2.05, 4.69) is 26.6 Å². The monoisotopic (exact) mass is 372 g/mol. The Bertz CT molecular complexity index is 426. The lowest BCUT2D eigenvalue weighted by atomic mass is 10.0. The van der Waals surface area contributed by atoms with Crippen LogP contribution in [0.2, 0.25) is 0 Å². The number of carbonyl (C=O) groups is 2. The fraction of sp³-hybridized carbons (Fsp3) is 0.882. The van der Waals surface area contributed by atoms with Gasteiger partial charge in [0.2, 0.25) is 5.91 Å². The molecule has 0 aromatic heterocycles. The Morgan fingerprint density at radius 3 is 1.85 bits per heavy atom. The molecule has 152 valence electrons. The van der Waals surface area contributed by atoms with Gasteiger partial charge >= 0.3 is 5.97 Å². The summed E-state index contributed by atoms with van der Waals surface area (Å²) >= 11 is 0. The molecule has 0 saturated carbocycles. The second-order valence-corrected chi connectivity index (χ2v) is 7.72. The SMILES string of the molecule is CC1(N)CNCCNCC(C)(NC(=O)CCCC(=O)O)CNCCNC1. The number of aliphatic carboxylic acids is 1. The summed E-state index contributed by atoms with van der Waals surface area (Å²) in [6.07, 6.45) is 0.585. The molecule has 0 atom stereocenters. The first-order valence-corrected chi connectivity index (χ1v) is 9.37. The molecule has 1 fully saturated rings. The molecule has 8 N–H and O–H groups in total. The number of hydrogen-bond donors (Lipinski definition) is 7. The lowest BCUT2D eigenvalue weighted by Crippen LogP contribution is -2.60. The minimum Gasteiger partial charge on any atom is -0.481 e. The summed E-state index contributed by atoms with van der Waals surface area (Å²) in [6.45, 7) is 9.86. The van der Waals surface area contributed by atoms with Gasteiger partial charge in [0.1, 0.15) is 0 Å². The van der Waals surface area contributed by atoms with Crippen LogP contribution in [0.4, 0.5) is 0 Å². The van der Waals surface area contributed by atoms with Crippen molar-refractivity contribution in [2.45, 2.75) is 44.2 Å². The number of carboxylic acids is 1. The van der Waals surface area contributed by atoms with Gasteiger partial charge in [0.15, 0.2) is 0 Å². The molecule has 1 rings (SSSR count). The highest BCUT2D eigenvalue weighted by Crippen LogP contribution is 2.04. The first kappa shape index (κ1) is 22.8. The van der Waals surface area contributed by atoms with Gasteiger partial charge in [-0.1, -0.05) is 0 Å². The van der Waals surface area contributed by atoms with Gasteiger partial charge in [-0.3, -0.25) is 9.59 Å². The molecule has 0 spiro atoms. The van der Waals surface area contributed by atoms with Gasteiger partial charge in [0, 0.05) is 70.7 Å². The highest BCUT2D eigenvalue weighted by molar-refractivity contribution is 5.77. The van der Waals surface area contributed by atoms with Gasteiger partial charge < -0.3 is 37.4 Å². The fourth-order valence-corrected chi connectivity index (χ4v) is 2.84. The molecule has 0 unspecified atom stereocenters. The van der Waals surface area contributed by atoms with E-state index in [9.17, 15) is 9.59 Å². The molecule has 1 aliphatic heterocycles. The number of nitrogens with one attached hydrogen (secondary N) is 5. The van der Waals surface area contributed by atoms with Crippen molar-refractivity contribution < 1.29 is 14.7 Å². The van der Waals surface area contributed by atoms with Crippen molar-refractivity contribution in [3.8, 4) is 0 Å². The van der Waals surface area contributed by atoms with E-state index in [-0.39, 0.29) is 24.3 Å². The van der Waals surface area contributed by atoms with E-state index in [1.165, 1.54) is 0 Å². The number of carboxylic acid groups (broad SMARTS) is 1. The van der Waals surface area contributed by atoms with Gasteiger partial charge in [0.05, 0.1) is 5.54 Å². The van der Waals surface area contributed by atoms with Crippen molar-refractivity contribution in [1.82, 2.24) is 26.6 Å². The largest absolute Gasteiger partial charge is 0.481 e. The molecule has 9 nitrogen and oxygen atoms in total. The van der Waals surface area contributed by atoms with Crippen LogP contribution in [0, 0.1) is 0 Å². The van der Waals surface area contributed by atoms with Gasteiger partial charge in [-0.05, 0) is 20.3 Å². The van der Waals surface area contributed by atoms with Gasteiger partial charge in [-0.2, -0.15) is 0 Å². The third-order valence-corrected chi connectivity index (χ3v) is 4.28. The maximum atomic E-state index is 12.1. The summed E-state index contributed by atoms with van der Waals surface area (Å²) in [5.74, 6) is -0.993. The van der Waals surface area contributed by atoms with Crippen molar-refractivity contribution in [2.24, 2.45) is 5.73 Å². The summed E-state index contributed by atoms with van der Waals surface area (Å²) in [7, 11) is 0. The Hall–Kier alpha value is -1.26. The summed E-state index contributed by atoms with van der Waals surface area (Å²) < 4.78 is 0. The van der Waals surface area contributed by atoms with E-state index in [1.54, 1.807) is 0 Å². The van der Waals surface area contributed by atoms with Gasteiger partial charge in [0.25, 0.3) is 0 Å². The van der Waals surface area contributed by atoms with Crippen molar-refractivity contribution in [3.63, 3.8) is 0 Å². The average molecular weight is 373 g/mol. The molecule has 0 bridgehead atoms. The second kappa shape index (κ2) is 11.5. The molecule has 1 amide bonds. The van der Waals surface area contributed by atoms with Crippen molar-refractivity contribution >= 4 is 11.9 Å². The van der Waals surface area contributed by atoms with Crippen LogP contribution in [0.1, 0.15) is 33.1 Å². The Morgan fingerprint density at radius 1 is 0.923 bits per heavy atom. The van der Waals surface area contributed by atoms with Crippen LogP contribution in [-0.4, -0.2) is 80.4 Å². The number of amides is 1. The highest BCUT2D eigenvalue weighted by Gasteiger charge is 2.26. The van der Waals surface area contributed by atoms with Gasteiger partial charge in [-0.15, -0.1) is 0 Å². The Morgan fingerprint density at radius 2 is 1.38 bits per heavy atom. The molecule has 0 aromatic carbocycles. The zero-order valence-electron chi connectivity index (χ0n) is 16.1. The molecular weight excluding hydrogens is 336 g/mol. The van der Waals surface area contributed by atoms with Crippen LogP contribution < -0.4 is 32.3 Å². The molecule has 1 saturated heterocycles.